The fourth-order valence-electron chi connectivity index (χ4n) is 1.72. The summed E-state index contributed by atoms with van der Waals surface area (Å²) in [5.74, 6) is 0.769. The molecule has 0 bridgehead atoms. The van der Waals surface area contributed by atoms with Crippen molar-refractivity contribution >= 4 is 27.3 Å². The van der Waals surface area contributed by atoms with Crippen molar-refractivity contribution in [2.75, 3.05) is 12.4 Å². The summed E-state index contributed by atoms with van der Waals surface area (Å²) < 4.78 is 6.03. The molecule has 0 fully saturated rings. The van der Waals surface area contributed by atoms with Gasteiger partial charge in [0.05, 0.1) is 16.5 Å². The number of halogens is 1. The molecule has 0 radical (unpaired) electrons. The number of nitro benzene ring substituents is 1. The predicted octanol–water partition coefficient (Wildman–Crippen LogP) is 3.98. The number of non-ortho nitro benzene ring substituents is 1. The van der Waals surface area contributed by atoms with Gasteiger partial charge in [0.1, 0.15) is 5.75 Å². The Hall–Kier alpha value is -2.08. The molecule has 0 heterocycles. The summed E-state index contributed by atoms with van der Waals surface area (Å²) in [6.07, 6.45) is 0. The molecule has 0 saturated heterocycles. The van der Waals surface area contributed by atoms with Gasteiger partial charge in [-0.15, -0.1) is 0 Å². The molecule has 5 nitrogen and oxygen atoms in total. The summed E-state index contributed by atoms with van der Waals surface area (Å²) in [6.45, 7) is 0.594. The van der Waals surface area contributed by atoms with Crippen molar-refractivity contribution in [3.63, 3.8) is 0 Å². The monoisotopic (exact) mass is 336 g/mol. The Kier molecular flexibility index (Phi) is 4.57. The first-order chi connectivity index (χ1) is 9.60. The van der Waals surface area contributed by atoms with Gasteiger partial charge in [0.2, 0.25) is 0 Å². The number of nitro groups is 1. The first kappa shape index (κ1) is 14.3. The summed E-state index contributed by atoms with van der Waals surface area (Å²) in [4.78, 5) is 10.2. The smallest absolute Gasteiger partial charge is 0.269 e. The van der Waals surface area contributed by atoms with Gasteiger partial charge in [0.25, 0.3) is 5.69 Å². The van der Waals surface area contributed by atoms with Crippen LogP contribution in [0.15, 0.2) is 46.9 Å². The van der Waals surface area contributed by atoms with Crippen molar-refractivity contribution in [3.05, 3.63) is 62.6 Å². The minimum atomic E-state index is -0.405. The van der Waals surface area contributed by atoms with Crippen molar-refractivity contribution in [3.8, 4) is 5.75 Å². The molecular formula is C14H13BrN2O3. The highest BCUT2D eigenvalue weighted by Gasteiger charge is 2.04. The number of nitrogens with zero attached hydrogens (tertiary/aromatic N) is 1. The highest BCUT2D eigenvalue weighted by atomic mass is 79.9. The molecule has 1 N–H and O–H groups in total. The van der Waals surface area contributed by atoms with E-state index in [-0.39, 0.29) is 5.69 Å². The molecule has 0 aliphatic carbocycles. The third-order valence-electron chi connectivity index (χ3n) is 2.80. The van der Waals surface area contributed by atoms with Gasteiger partial charge in [-0.25, -0.2) is 0 Å². The van der Waals surface area contributed by atoms with Crippen molar-refractivity contribution in [2.45, 2.75) is 6.54 Å². The molecule has 0 saturated carbocycles. The van der Waals surface area contributed by atoms with Crippen LogP contribution in [0, 0.1) is 10.1 Å². The normalized spacial score (nSPS) is 10.1. The van der Waals surface area contributed by atoms with Crippen LogP contribution < -0.4 is 10.1 Å². The van der Waals surface area contributed by atoms with Gasteiger partial charge < -0.3 is 10.1 Å². The van der Waals surface area contributed by atoms with E-state index in [1.165, 1.54) is 12.1 Å². The molecule has 0 aromatic heterocycles. The second kappa shape index (κ2) is 6.38. The Morgan fingerprint density at radius 1 is 1.25 bits per heavy atom. The van der Waals surface area contributed by atoms with E-state index in [0.717, 1.165) is 21.5 Å². The van der Waals surface area contributed by atoms with E-state index in [1.807, 2.05) is 18.2 Å². The van der Waals surface area contributed by atoms with Gasteiger partial charge in [-0.05, 0) is 39.7 Å². The quantitative estimate of drug-likeness (QED) is 0.662. The third kappa shape index (κ3) is 3.48. The summed E-state index contributed by atoms with van der Waals surface area (Å²) >= 11 is 3.42. The first-order valence-corrected chi connectivity index (χ1v) is 6.70. The van der Waals surface area contributed by atoms with E-state index >= 15 is 0 Å². The lowest BCUT2D eigenvalue weighted by atomic mass is 10.2. The molecule has 20 heavy (non-hydrogen) atoms. The van der Waals surface area contributed by atoms with Crippen molar-refractivity contribution in [1.29, 1.82) is 0 Å². The number of anilines is 1. The number of nitrogens with one attached hydrogen (secondary N) is 1. The second-order valence-corrected chi connectivity index (χ2v) is 4.98. The minimum absolute atomic E-state index is 0.0981. The number of hydrogen-bond acceptors (Lipinski definition) is 4. The summed E-state index contributed by atoms with van der Waals surface area (Å²) in [6, 6.07) is 12.2. The van der Waals surface area contributed by atoms with E-state index in [0.29, 0.717) is 6.54 Å². The maximum Gasteiger partial charge on any atom is 0.269 e. The Morgan fingerprint density at radius 2 is 1.95 bits per heavy atom. The van der Waals surface area contributed by atoms with Gasteiger partial charge in [-0.1, -0.05) is 12.1 Å². The van der Waals surface area contributed by atoms with Crippen LogP contribution in [-0.4, -0.2) is 12.0 Å². The van der Waals surface area contributed by atoms with Crippen LogP contribution in [0.5, 0.6) is 5.75 Å². The molecule has 2 rings (SSSR count). The summed E-state index contributed by atoms with van der Waals surface area (Å²) in [7, 11) is 1.62. The molecule has 104 valence electrons. The van der Waals surface area contributed by atoms with Crippen LogP contribution in [-0.2, 0) is 6.54 Å². The number of methoxy groups -OCH3 is 1. The lowest BCUT2D eigenvalue weighted by molar-refractivity contribution is -0.384. The zero-order valence-electron chi connectivity index (χ0n) is 10.8. The van der Waals surface area contributed by atoms with Crippen LogP contribution in [0.25, 0.3) is 0 Å². The molecule has 0 atom stereocenters. The Balaban J connectivity index is 2.01. The Labute approximate surface area is 124 Å². The summed E-state index contributed by atoms with van der Waals surface area (Å²) in [5, 5.41) is 13.8. The first-order valence-electron chi connectivity index (χ1n) is 5.91. The molecule has 0 aliphatic rings. The fourth-order valence-corrected chi connectivity index (χ4v) is 2.26. The average Bonchev–Trinajstić information content (AvgIpc) is 2.45. The maximum atomic E-state index is 10.6. The van der Waals surface area contributed by atoms with Gasteiger partial charge >= 0.3 is 0 Å². The lowest BCUT2D eigenvalue weighted by Gasteiger charge is -2.09. The lowest BCUT2D eigenvalue weighted by Crippen LogP contribution is -1.99. The standard InChI is InChI=1S/C14H13BrN2O3/c1-20-14-7-4-11(8-13(14)15)16-9-10-2-5-12(6-3-10)17(18)19/h2-8,16H,9H2,1H3. The van der Waals surface area contributed by atoms with E-state index < -0.39 is 4.92 Å². The largest absolute Gasteiger partial charge is 0.496 e. The Bertz CT molecular complexity index is 614. The fraction of sp³-hybridized carbons (Fsp3) is 0.143. The predicted molar refractivity (Wildman–Crippen MR) is 81.1 cm³/mol. The Morgan fingerprint density at radius 3 is 2.50 bits per heavy atom. The molecule has 0 aliphatic heterocycles. The van der Waals surface area contributed by atoms with E-state index in [4.69, 9.17) is 4.74 Å². The number of ether oxygens (including phenoxy) is 1. The molecular weight excluding hydrogens is 324 g/mol. The zero-order chi connectivity index (χ0) is 14.5. The van der Waals surface area contributed by atoms with Gasteiger partial charge in [-0.3, -0.25) is 10.1 Å². The van der Waals surface area contributed by atoms with Crippen LogP contribution in [0.1, 0.15) is 5.56 Å². The van der Waals surface area contributed by atoms with Gasteiger partial charge in [0.15, 0.2) is 0 Å². The zero-order valence-corrected chi connectivity index (χ0v) is 12.4. The molecule has 2 aromatic rings. The SMILES string of the molecule is COc1ccc(NCc2ccc([N+](=O)[O-])cc2)cc1Br. The van der Waals surface area contributed by atoms with Crippen LogP contribution >= 0.6 is 15.9 Å². The highest BCUT2D eigenvalue weighted by molar-refractivity contribution is 9.10. The molecule has 6 heteroatoms. The number of rotatable bonds is 5. The third-order valence-corrected chi connectivity index (χ3v) is 3.42. The summed E-state index contributed by atoms with van der Waals surface area (Å²) in [5.41, 5.74) is 2.01. The van der Waals surface area contributed by atoms with E-state index in [2.05, 4.69) is 21.2 Å². The highest BCUT2D eigenvalue weighted by Crippen LogP contribution is 2.27. The van der Waals surface area contributed by atoms with Gasteiger partial charge in [0, 0.05) is 24.4 Å². The minimum Gasteiger partial charge on any atom is -0.496 e. The topological polar surface area (TPSA) is 64.4 Å². The van der Waals surface area contributed by atoms with Crippen molar-refractivity contribution < 1.29 is 9.66 Å². The molecule has 2 aromatic carbocycles. The average molecular weight is 337 g/mol. The molecule has 0 amide bonds. The second-order valence-electron chi connectivity index (χ2n) is 4.13. The van der Waals surface area contributed by atoms with Crippen LogP contribution in [0.4, 0.5) is 11.4 Å². The molecule has 0 spiro atoms. The van der Waals surface area contributed by atoms with Crippen molar-refractivity contribution in [1.82, 2.24) is 0 Å². The van der Waals surface area contributed by atoms with Crippen LogP contribution in [0.3, 0.4) is 0 Å². The maximum absolute atomic E-state index is 10.6. The van der Waals surface area contributed by atoms with Crippen LogP contribution in [0.2, 0.25) is 0 Å². The number of benzene rings is 2. The molecule has 0 unspecified atom stereocenters. The number of hydrogen-bond donors (Lipinski definition) is 1. The van der Waals surface area contributed by atoms with Gasteiger partial charge in [-0.2, -0.15) is 0 Å². The van der Waals surface area contributed by atoms with E-state index in [9.17, 15) is 10.1 Å². The van der Waals surface area contributed by atoms with E-state index in [1.54, 1.807) is 19.2 Å². The van der Waals surface area contributed by atoms with Crippen molar-refractivity contribution in [2.24, 2.45) is 0 Å².